The molecule has 1 aliphatic carbocycles. The van der Waals surface area contributed by atoms with Crippen LogP contribution >= 0.6 is 0 Å². The normalized spacial score (nSPS) is 27.0. The summed E-state index contributed by atoms with van der Waals surface area (Å²) in [4.78, 5) is 11.8. The van der Waals surface area contributed by atoms with Crippen LogP contribution in [0.5, 0.6) is 0 Å². The maximum absolute atomic E-state index is 11.8. The summed E-state index contributed by atoms with van der Waals surface area (Å²) >= 11 is 0. The molecule has 5 heteroatoms. The first-order chi connectivity index (χ1) is 13.8. The summed E-state index contributed by atoms with van der Waals surface area (Å²) < 4.78 is 12.4. The van der Waals surface area contributed by atoms with Crippen LogP contribution < -0.4 is 10.4 Å². The molecule has 29 heavy (non-hydrogen) atoms. The Morgan fingerprint density at radius 1 is 1.03 bits per heavy atom. The van der Waals surface area contributed by atoms with Gasteiger partial charge in [0.2, 0.25) is 0 Å². The van der Waals surface area contributed by atoms with Gasteiger partial charge in [-0.1, -0.05) is 81.4 Å². The Balaban J connectivity index is 1.72. The minimum absolute atomic E-state index is 0.0516. The zero-order valence-electron chi connectivity index (χ0n) is 17.4. The van der Waals surface area contributed by atoms with Crippen LogP contribution in [0.15, 0.2) is 60.7 Å². The zero-order chi connectivity index (χ0) is 20.6. The molecule has 1 aliphatic heterocycles. The molecule has 4 nitrogen and oxygen atoms in total. The number of hydrogen-bond donors (Lipinski definition) is 1. The number of esters is 1. The van der Waals surface area contributed by atoms with E-state index in [1.165, 1.54) is 10.4 Å². The fraction of sp³-hybridized carbons (Fsp3) is 0.458. The van der Waals surface area contributed by atoms with E-state index in [1.807, 2.05) is 12.1 Å². The molecule has 2 aliphatic rings. The molecule has 4 atom stereocenters. The molecule has 0 aromatic heterocycles. The van der Waals surface area contributed by atoms with Gasteiger partial charge in [-0.15, -0.1) is 0 Å². The molecule has 1 N–H and O–H groups in total. The lowest BCUT2D eigenvalue weighted by molar-refractivity contribution is -0.141. The van der Waals surface area contributed by atoms with Crippen molar-refractivity contribution in [3.05, 3.63) is 60.7 Å². The van der Waals surface area contributed by atoms with Gasteiger partial charge in [-0.05, 0) is 15.4 Å². The van der Waals surface area contributed by atoms with Crippen LogP contribution in [0.3, 0.4) is 0 Å². The Morgan fingerprint density at radius 3 is 2.10 bits per heavy atom. The van der Waals surface area contributed by atoms with Gasteiger partial charge in [-0.3, -0.25) is 4.79 Å². The molecule has 154 valence electrons. The third-order valence-corrected chi connectivity index (χ3v) is 11.6. The van der Waals surface area contributed by atoms with Crippen LogP contribution in [0.2, 0.25) is 5.04 Å². The number of fused-ring (bicyclic) bond motifs is 1. The van der Waals surface area contributed by atoms with Crippen LogP contribution in [0, 0.1) is 11.8 Å². The Bertz CT molecular complexity index is 807. The van der Waals surface area contributed by atoms with Crippen molar-refractivity contribution in [2.24, 2.45) is 11.8 Å². The van der Waals surface area contributed by atoms with E-state index in [-0.39, 0.29) is 28.9 Å². The Labute approximate surface area is 174 Å². The third-order valence-electron chi connectivity index (χ3n) is 6.59. The van der Waals surface area contributed by atoms with E-state index in [2.05, 4.69) is 69.3 Å². The lowest BCUT2D eigenvalue weighted by Gasteiger charge is -2.44. The first kappa shape index (κ1) is 20.3. The highest BCUT2D eigenvalue weighted by molar-refractivity contribution is 6.99. The molecular formula is C24H30O4Si. The van der Waals surface area contributed by atoms with E-state index >= 15 is 0 Å². The van der Waals surface area contributed by atoms with Crippen molar-refractivity contribution in [1.29, 1.82) is 0 Å². The van der Waals surface area contributed by atoms with Gasteiger partial charge in [0.1, 0.15) is 6.10 Å². The molecule has 1 saturated heterocycles. The zero-order valence-corrected chi connectivity index (χ0v) is 18.4. The van der Waals surface area contributed by atoms with E-state index in [0.717, 1.165) is 0 Å². The number of rotatable bonds is 5. The average molecular weight is 411 g/mol. The summed E-state index contributed by atoms with van der Waals surface area (Å²) in [5.41, 5.74) is 0. The number of aliphatic hydroxyl groups is 1. The molecule has 0 spiro atoms. The van der Waals surface area contributed by atoms with Crippen LogP contribution in [0.4, 0.5) is 0 Å². The van der Waals surface area contributed by atoms with Gasteiger partial charge < -0.3 is 14.3 Å². The molecule has 0 amide bonds. The van der Waals surface area contributed by atoms with Crippen molar-refractivity contribution < 1.29 is 19.1 Å². The molecule has 0 bridgehead atoms. The van der Waals surface area contributed by atoms with E-state index in [4.69, 9.17) is 9.16 Å². The van der Waals surface area contributed by atoms with E-state index < -0.39 is 14.4 Å². The van der Waals surface area contributed by atoms with Gasteiger partial charge in [0.15, 0.2) is 0 Å². The topological polar surface area (TPSA) is 55.8 Å². The Hall–Kier alpha value is -1.95. The van der Waals surface area contributed by atoms with Crippen molar-refractivity contribution in [2.45, 2.75) is 50.9 Å². The number of ether oxygens (including phenoxy) is 1. The van der Waals surface area contributed by atoms with Gasteiger partial charge in [-0.25, -0.2) is 0 Å². The molecule has 2 aromatic rings. The molecule has 2 aromatic carbocycles. The fourth-order valence-corrected chi connectivity index (χ4v) is 9.79. The highest BCUT2D eigenvalue weighted by Gasteiger charge is 2.54. The first-order valence-electron chi connectivity index (χ1n) is 10.5. The minimum Gasteiger partial charge on any atom is -0.462 e. The summed E-state index contributed by atoms with van der Waals surface area (Å²) in [6.45, 7) is 7.17. The summed E-state index contributed by atoms with van der Waals surface area (Å²) in [6.07, 6.45) is 0.253. The summed E-state index contributed by atoms with van der Waals surface area (Å²) in [6, 6.07) is 21.0. The number of hydrogen-bond acceptors (Lipinski definition) is 4. The fourth-order valence-electron chi connectivity index (χ4n) is 5.19. The van der Waals surface area contributed by atoms with Crippen molar-refractivity contribution in [3.8, 4) is 0 Å². The predicted octanol–water partition coefficient (Wildman–Crippen LogP) is 2.88. The number of aliphatic hydroxyl groups excluding tert-OH is 1. The van der Waals surface area contributed by atoms with Crippen molar-refractivity contribution >= 4 is 24.7 Å². The average Bonchev–Trinajstić information content (AvgIpc) is 3.18. The van der Waals surface area contributed by atoms with Crippen molar-refractivity contribution in [2.75, 3.05) is 6.61 Å². The van der Waals surface area contributed by atoms with Crippen molar-refractivity contribution in [1.82, 2.24) is 0 Å². The highest BCUT2D eigenvalue weighted by Crippen LogP contribution is 2.43. The van der Waals surface area contributed by atoms with E-state index in [0.29, 0.717) is 19.4 Å². The minimum atomic E-state index is -2.64. The van der Waals surface area contributed by atoms with Gasteiger partial charge in [-0.2, -0.15) is 0 Å². The third kappa shape index (κ3) is 3.56. The first-order valence-corrected chi connectivity index (χ1v) is 12.4. The smallest absolute Gasteiger partial charge is 0.306 e. The molecular weight excluding hydrogens is 380 g/mol. The van der Waals surface area contributed by atoms with Crippen LogP contribution in [0.25, 0.3) is 0 Å². The van der Waals surface area contributed by atoms with Crippen LogP contribution in [-0.4, -0.2) is 38.2 Å². The molecule has 1 heterocycles. The van der Waals surface area contributed by atoms with E-state index in [9.17, 15) is 9.90 Å². The second-order valence-corrected chi connectivity index (χ2v) is 13.6. The molecule has 0 unspecified atom stereocenters. The monoisotopic (exact) mass is 410 g/mol. The lowest BCUT2D eigenvalue weighted by Crippen LogP contribution is -2.67. The number of carbonyl (C=O) groups is 1. The standard InChI is InChI=1S/C24H30O4Si/c1-24(2,3)29(17-10-6-4-7-11-17,18-12-8-5-9-13-18)27-16-20-19-14-23(26)28-22(19)15-21(20)25/h4-13,19-22,25H,14-16H2,1-3H3/t19-,20-,21+,22+/m0/s1. The van der Waals surface area contributed by atoms with Gasteiger partial charge in [0.05, 0.1) is 12.5 Å². The van der Waals surface area contributed by atoms with Crippen molar-refractivity contribution in [3.63, 3.8) is 0 Å². The van der Waals surface area contributed by atoms with Gasteiger partial charge >= 0.3 is 5.97 Å². The van der Waals surface area contributed by atoms with Crippen LogP contribution in [0.1, 0.15) is 33.6 Å². The van der Waals surface area contributed by atoms with Gasteiger partial charge in [0, 0.05) is 24.9 Å². The second-order valence-electron chi connectivity index (χ2n) is 9.34. The molecule has 1 saturated carbocycles. The quantitative estimate of drug-likeness (QED) is 0.608. The maximum atomic E-state index is 11.8. The van der Waals surface area contributed by atoms with E-state index in [1.54, 1.807) is 0 Å². The Kier molecular flexibility index (Phi) is 5.40. The second kappa shape index (κ2) is 7.71. The largest absolute Gasteiger partial charge is 0.462 e. The van der Waals surface area contributed by atoms with Gasteiger partial charge in [0.25, 0.3) is 8.32 Å². The lowest BCUT2D eigenvalue weighted by atomic mass is 9.93. The SMILES string of the molecule is CC(C)(C)[Si](OC[C@H]1[C@@H]2CC(=O)O[C@@H]2C[C@H]1O)(c1ccccc1)c1ccccc1. The maximum Gasteiger partial charge on any atom is 0.306 e. The molecule has 4 rings (SSSR count). The molecule has 2 fully saturated rings. The summed E-state index contributed by atoms with van der Waals surface area (Å²) in [7, 11) is -2.64. The highest BCUT2D eigenvalue weighted by atomic mass is 28.4. The predicted molar refractivity (Wildman–Crippen MR) is 116 cm³/mol. The number of carbonyl (C=O) groups excluding carboxylic acids is 1. The molecule has 0 radical (unpaired) electrons. The number of benzene rings is 2. The summed E-state index contributed by atoms with van der Waals surface area (Å²) in [5, 5.41) is 13.0. The Morgan fingerprint density at radius 2 is 1.59 bits per heavy atom. The van der Waals surface area contributed by atoms with Crippen LogP contribution in [-0.2, 0) is 14.0 Å². The summed E-state index contributed by atoms with van der Waals surface area (Å²) in [5.74, 6) is -0.175.